The maximum Gasteiger partial charge on any atom is 0.341 e. The SMILES string of the molecule is CCCOC(=O)c1cc(/C=N/N=C/c2ccc(C(=O)O)cc2)ccc1O. The van der Waals surface area contributed by atoms with Crippen LogP contribution in [-0.2, 0) is 4.74 Å². The molecule has 2 aromatic rings. The second-order valence-corrected chi connectivity index (χ2v) is 5.33. The summed E-state index contributed by atoms with van der Waals surface area (Å²) in [4.78, 5) is 22.6. The first-order valence-corrected chi connectivity index (χ1v) is 7.91. The molecule has 2 aromatic carbocycles. The highest BCUT2D eigenvalue weighted by Crippen LogP contribution is 2.19. The highest BCUT2D eigenvalue weighted by Gasteiger charge is 2.12. The number of aromatic carboxylic acids is 1. The third-order valence-electron chi connectivity index (χ3n) is 3.32. The van der Waals surface area contributed by atoms with Crippen LogP contribution in [0.25, 0.3) is 0 Å². The summed E-state index contributed by atoms with van der Waals surface area (Å²) in [5.74, 6) is -1.75. The minimum Gasteiger partial charge on any atom is -0.507 e. The van der Waals surface area contributed by atoms with Gasteiger partial charge in [0.2, 0.25) is 0 Å². The van der Waals surface area contributed by atoms with Crippen molar-refractivity contribution in [3.63, 3.8) is 0 Å². The molecule has 2 rings (SSSR count). The van der Waals surface area contributed by atoms with E-state index in [1.807, 2.05) is 6.92 Å². The summed E-state index contributed by atoms with van der Waals surface area (Å²) < 4.78 is 5.01. The van der Waals surface area contributed by atoms with Crippen molar-refractivity contribution in [2.75, 3.05) is 6.61 Å². The van der Waals surface area contributed by atoms with E-state index in [2.05, 4.69) is 10.2 Å². The maximum absolute atomic E-state index is 11.9. The normalized spacial score (nSPS) is 11.1. The largest absolute Gasteiger partial charge is 0.507 e. The number of rotatable bonds is 7. The molecule has 0 saturated heterocycles. The van der Waals surface area contributed by atoms with E-state index < -0.39 is 11.9 Å². The van der Waals surface area contributed by atoms with Gasteiger partial charge in [-0.15, -0.1) is 0 Å². The molecule has 0 amide bonds. The molecule has 7 heteroatoms. The van der Waals surface area contributed by atoms with Gasteiger partial charge in [-0.25, -0.2) is 9.59 Å². The van der Waals surface area contributed by atoms with Gasteiger partial charge in [-0.1, -0.05) is 19.1 Å². The predicted octanol–water partition coefficient (Wildman–Crippen LogP) is 3.11. The molecule has 0 aliphatic carbocycles. The van der Waals surface area contributed by atoms with Crippen LogP contribution in [0.4, 0.5) is 0 Å². The van der Waals surface area contributed by atoms with Crippen molar-refractivity contribution in [3.8, 4) is 5.75 Å². The lowest BCUT2D eigenvalue weighted by atomic mass is 10.1. The van der Waals surface area contributed by atoms with E-state index in [1.54, 1.807) is 18.2 Å². The van der Waals surface area contributed by atoms with Gasteiger partial charge in [0.15, 0.2) is 0 Å². The number of esters is 1. The fraction of sp³-hybridized carbons (Fsp3) is 0.158. The average molecular weight is 354 g/mol. The summed E-state index contributed by atoms with van der Waals surface area (Å²) in [7, 11) is 0. The number of hydrogen-bond donors (Lipinski definition) is 2. The molecule has 2 N–H and O–H groups in total. The molecular formula is C19H18N2O5. The Morgan fingerprint density at radius 2 is 1.65 bits per heavy atom. The standard InChI is InChI=1S/C19H18N2O5/c1-2-9-26-19(25)16-10-14(5-8-17(16)22)12-21-20-11-13-3-6-15(7-4-13)18(23)24/h3-8,10-12,22H,2,9H2,1H3,(H,23,24)/b20-11+,21-12+. The number of nitrogens with zero attached hydrogens (tertiary/aromatic N) is 2. The third kappa shape index (κ3) is 5.27. The lowest BCUT2D eigenvalue weighted by molar-refractivity contribution is 0.0501. The molecular weight excluding hydrogens is 336 g/mol. The summed E-state index contributed by atoms with van der Waals surface area (Å²) >= 11 is 0. The molecule has 134 valence electrons. The second kappa shape index (κ2) is 9.12. The zero-order chi connectivity index (χ0) is 18.9. The average Bonchev–Trinajstić information content (AvgIpc) is 2.64. The van der Waals surface area contributed by atoms with E-state index in [0.29, 0.717) is 17.5 Å². The van der Waals surface area contributed by atoms with Gasteiger partial charge in [0.25, 0.3) is 0 Å². The van der Waals surface area contributed by atoms with Crippen LogP contribution >= 0.6 is 0 Å². The van der Waals surface area contributed by atoms with Crippen molar-refractivity contribution in [3.05, 3.63) is 64.7 Å². The van der Waals surface area contributed by atoms with Gasteiger partial charge in [0.05, 0.1) is 24.6 Å². The summed E-state index contributed by atoms with van der Waals surface area (Å²) in [6, 6.07) is 10.6. The second-order valence-electron chi connectivity index (χ2n) is 5.33. The summed E-state index contributed by atoms with van der Waals surface area (Å²) in [5, 5.41) is 26.4. The van der Waals surface area contributed by atoms with Crippen LogP contribution in [0.2, 0.25) is 0 Å². The van der Waals surface area contributed by atoms with E-state index in [-0.39, 0.29) is 23.5 Å². The van der Waals surface area contributed by atoms with Crippen LogP contribution < -0.4 is 0 Å². The van der Waals surface area contributed by atoms with E-state index in [0.717, 1.165) is 0 Å². The van der Waals surface area contributed by atoms with Gasteiger partial charge < -0.3 is 14.9 Å². The Morgan fingerprint density at radius 3 is 2.27 bits per heavy atom. The van der Waals surface area contributed by atoms with E-state index in [1.165, 1.54) is 36.7 Å². The van der Waals surface area contributed by atoms with Crippen LogP contribution in [0.5, 0.6) is 5.75 Å². The number of phenolic OH excluding ortho intramolecular Hbond substituents is 1. The Hall–Kier alpha value is -3.48. The fourth-order valence-corrected chi connectivity index (χ4v) is 1.98. The zero-order valence-corrected chi connectivity index (χ0v) is 14.1. The van der Waals surface area contributed by atoms with Crippen LogP contribution in [0, 0.1) is 0 Å². The number of aromatic hydroxyl groups is 1. The van der Waals surface area contributed by atoms with Crippen molar-refractivity contribution < 1.29 is 24.5 Å². The topological polar surface area (TPSA) is 109 Å². The molecule has 0 fully saturated rings. The van der Waals surface area contributed by atoms with E-state index in [4.69, 9.17) is 9.84 Å². The number of hydrogen-bond acceptors (Lipinski definition) is 6. The quantitative estimate of drug-likeness (QED) is 0.451. The monoisotopic (exact) mass is 354 g/mol. The lowest BCUT2D eigenvalue weighted by Crippen LogP contribution is -2.06. The smallest absolute Gasteiger partial charge is 0.341 e. The highest BCUT2D eigenvalue weighted by atomic mass is 16.5. The summed E-state index contributed by atoms with van der Waals surface area (Å²) in [6.07, 6.45) is 3.59. The molecule has 0 aliphatic rings. The third-order valence-corrected chi connectivity index (χ3v) is 3.32. The number of carboxylic acid groups (broad SMARTS) is 1. The molecule has 0 unspecified atom stereocenters. The van der Waals surface area contributed by atoms with Gasteiger partial charge in [-0.2, -0.15) is 10.2 Å². The number of carbonyl (C=O) groups excluding carboxylic acids is 1. The molecule has 7 nitrogen and oxygen atoms in total. The molecule has 0 bridgehead atoms. The number of carboxylic acids is 1. The summed E-state index contributed by atoms with van der Waals surface area (Å²) in [5.41, 5.74) is 1.53. The van der Waals surface area contributed by atoms with Gasteiger partial charge in [-0.05, 0) is 47.9 Å². The minimum absolute atomic E-state index is 0.0654. The fourth-order valence-electron chi connectivity index (χ4n) is 1.98. The molecule has 0 radical (unpaired) electrons. The lowest BCUT2D eigenvalue weighted by Gasteiger charge is -2.05. The van der Waals surface area contributed by atoms with Gasteiger partial charge >= 0.3 is 11.9 Å². The molecule has 26 heavy (non-hydrogen) atoms. The molecule has 0 spiro atoms. The Kier molecular flexibility index (Phi) is 6.61. The molecule has 0 aromatic heterocycles. The van der Waals surface area contributed by atoms with Crippen molar-refractivity contribution in [1.82, 2.24) is 0 Å². The van der Waals surface area contributed by atoms with Crippen molar-refractivity contribution in [1.29, 1.82) is 0 Å². The number of ether oxygens (including phenoxy) is 1. The Morgan fingerprint density at radius 1 is 1.04 bits per heavy atom. The van der Waals surface area contributed by atoms with Crippen LogP contribution in [0.15, 0.2) is 52.7 Å². The van der Waals surface area contributed by atoms with Crippen molar-refractivity contribution in [2.24, 2.45) is 10.2 Å². The van der Waals surface area contributed by atoms with Gasteiger partial charge in [0.1, 0.15) is 11.3 Å². The number of benzene rings is 2. The van der Waals surface area contributed by atoms with Crippen molar-refractivity contribution in [2.45, 2.75) is 13.3 Å². The molecule has 0 atom stereocenters. The zero-order valence-electron chi connectivity index (χ0n) is 14.1. The minimum atomic E-state index is -0.993. The Bertz CT molecular complexity index is 842. The Balaban J connectivity index is 2.05. The Labute approximate surface area is 150 Å². The number of carbonyl (C=O) groups is 2. The van der Waals surface area contributed by atoms with E-state index in [9.17, 15) is 14.7 Å². The molecule has 0 saturated carbocycles. The van der Waals surface area contributed by atoms with E-state index >= 15 is 0 Å². The predicted molar refractivity (Wildman–Crippen MR) is 97.3 cm³/mol. The van der Waals surface area contributed by atoms with Crippen molar-refractivity contribution >= 4 is 24.4 Å². The van der Waals surface area contributed by atoms with Crippen LogP contribution in [-0.4, -0.2) is 41.2 Å². The highest BCUT2D eigenvalue weighted by molar-refractivity contribution is 5.95. The van der Waals surface area contributed by atoms with Crippen LogP contribution in [0.3, 0.4) is 0 Å². The number of phenols is 1. The van der Waals surface area contributed by atoms with Crippen LogP contribution in [0.1, 0.15) is 45.2 Å². The van der Waals surface area contributed by atoms with Gasteiger partial charge in [0, 0.05) is 0 Å². The first kappa shape index (κ1) is 18.9. The molecule has 0 aliphatic heterocycles. The summed E-state index contributed by atoms with van der Waals surface area (Å²) in [6.45, 7) is 2.16. The first-order valence-electron chi connectivity index (χ1n) is 7.91. The maximum atomic E-state index is 11.9. The van der Waals surface area contributed by atoms with Gasteiger partial charge in [-0.3, -0.25) is 0 Å². The molecule has 0 heterocycles. The first-order chi connectivity index (χ1) is 12.5.